The van der Waals surface area contributed by atoms with E-state index in [0.29, 0.717) is 23.4 Å². The van der Waals surface area contributed by atoms with Crippen molar-refractivity contribution in [1.82, 2.24) is 4.57 Å². The molecule has 4 rings (SSSR count). The third kappa shape index (κ3) is 3.50. The number of hydrogen-bond donors (Lipinski definition) is 1. The van der Waals surface area contributed by atoms with Gasteiger partial charge in [0.15, 0.2) is 5.60 Å². The summed E-state index contributed by atoms with van der Waals surface area (Å²) in [5.74, 6) is 0.661. The van der Waals surface area contributed by atoms with Crippen LogP contribution in [0.4, 0.5) is 13.2 Å². The molecule has 29 heavy (non-hydrogen) atoms. The van der Waals surface area contributed by atoms with Crippen molar-refractivity contribution < 1.29 is 23.0 Å². The van der Waals surface area contributed by atoms with Crippen molar-refractivity contribution in [2.75, 3.05) is 6.61 Å². The summed E-state index contributed by atoms with van der Waals surface area (Å²) in [6.45, 7) is 3.42. The van der Waals surface area contributed by atoms with Crippen LogP contribution in [0.15, 0.2) is 54.7 Å². The highest BCUT2D eigenvalue weighted by molar-refractivity contribution is 5.79. The molecule has 1 aliphatic rings. The van der Waals surface area contributed by atoms with Crippen LogP contribution in [-0.2, 0) is 18.4 Å². The SMILES string of the molecule is CC(C)(CC(O)(Cn1ccc2ccccc21)C(F)(F)F)c1cccc2c1OCC2. The van der Waals surface area contributed by atoms with Crippen LogP contribution in [0.25, 0.3) is 10.9 Å². The zero-order valence-corrected chi connectivity index (χ0v) is 16.5. The summed E-state index contributed by atoms with van der Waals surface area (Å²) in [6.07, 6.45) is -2.92. The molecule has 0 fully saturated rings. The molecule has 2 aromatic carbocycles. The highest BCUT2D eigenvalue weighted by Crippen LogP contribution is 2.46. The van der Waals surface area contributed by atoms with Gasteiger partial charge in [-0.3, -0.25) is 0 Å². The van der Waals surface area contributed by atoms with Crippen molar-refractivity contribution in [3.05, 3.63) is 65.9 Å². The van der Waals surface area contributed by atoms with Crippen LogP contribution in [0.3, 0.4) is 0 Å². The molecule has 0 spiro atoms. The molecule has 1 atom stereocenters. The lowest BCUT2D eigenvalue weighted by Gasteiger charge is -2.38. The number of halogens is 3. The fraction of sp³-hybridized carbons (Fsp3) is 0.391. The molecular weight excluding hydrogens is 379 g/mol. The number of benzene rings is 2. The minimum absolute atomic E-state index is 0.476. The number of aromatic nitrogens is 1. The molecule has 0 amide bonds. The summed E-state index contributed by atoms with van der Waals surface area (Å²) in [4.78, 5) is 0. The first-order valence-corrected chi connectivity index (χ1v) is 9.69. The minimum Gasteiger partial charge on any atom is -0.493 e. The van der Waals surface area contributed by atoms with Crippen LogP contribution in [0, 0.1) is 0 Å². The Balaban J connectivity index is 1.71. The molecule has 0 radical (unpaired) electrons. The summed E-state index contributed by atoms with van der Waals surface area (Å²) in [7, 11) is 0. The number of hydrogen-bond acceptors (Lipinski definition) is 2. The predicted molar refractivity (Wildman–Crippen MR) is 106 cm³/mol. The number of alkyl halides is 3. The Kier molecular flexibility index (Phi) is 4.65. The van der Waals surface area contributed by atoms with E-state index in [1.165, 1.54) is 4.57 Å². The molecule has 1 aliphatic heterocycles. The number of rotatable bonds is 5. The Bertz CT molecular complexity index is 1040. The zero-order chi connectivity index (χ0) is 20.9. The molecule has 3 aromatic rings. The van der Waals surface area contributed by atoms with E-state index in [0.717, 1.165) is 17.4 Å². The second-order valence-electron chi connectivity index (χ2n) is 8.48. The summed E-state index contributed by atoms with van der Waals surface area (Å²) in [5, 5.41) is 11.8. The van der Waals surface area contributed by atoms with E-state index < -0.39 is 30.2 Å². The van der Waals surface area contributed by atoms with E-state index in [1.54, 1.807) is 44.3 Å². The lowest BCUT2D eigenvalue weighted by molar-refractivity contribution is -0.271. The first-order chi connectivity index (χ1) is 13.6. The molecule has 1 N–H and O–H groups in total. The van der Waals surface area contributed by atoms with E-state index in [9.17, 15) is 18.3 Å². The number of para-hydroxylation sites is 2. The van der Waals surface area contributed by atoms with E-state index in [-0.39, 0.29) is 0 Å². The molecule has 0 saturated carbocycles. The summed E-state index contributed by atoms with van der Waals surface area (Å²) < 4.78 is 49.6. The standard InChI is InChI=1S/C23H24F3NO2/c1-21(2,18-8-5-7-17-11-13-29-20(17)18)14-22(28,23(24,25)26)15-27-12-10-16-6-3-4-9-19(16)27/h3-10,12,28H,11,13-15H2,1-2H3. The Morgan fingerprint density at radius 2 is 1.79 bits per heavy atom. The summed E-state index contributed by atoms with van der Waals surface area (Å²) >= 11 is 0. The zero-order valence-electron chi connectivity index (χ0n) is 16.5. The highest BCUT2D eigenvalue weighted by Gasteiger charge is 2.56. The van der Waals surface area contributed by atoms with Gasteiger partial charge in [0, 0.05) is 23.7 Å². The van der Waals surface area contributed by atoms with Crippen molar-refractivity contribution >= 4 is 10.9 Å². The van der Waals surface area contributed by atoms with Gasteiger partial charge in [-0.25, -0.2) is 0 Å². The first-order valence-electron chi connectivity index (χ1n) is 9.69. The molecule has 1 aromatic heterocycles. The quantitative estimate of drug-likeness (QED) is 0.632. The average Bonchev–Trinajstić information content (AvgIpc) is 3.27. The van der Waals surface area contributed by atoms with Crippen molar-refractivity contribution in [3.8, 4) is 5.75 Å². The second-order valence-corrected chi connectivity index (χ2v) is 8.48. The number of fused-ring (bicyclic) bond motifs is 2. The van der Waals surface area contributed by atoms with Crippen molar-refractivity contribution in [3.63, 3.8) is 0 Å². The van der Waals surface area contributed by atoms with Gasteiger partial charge >= 0.3 is 6.18 Å². The lowest BCUT2D eigenvalue weighted by Crippen LogP contribution is -2.52. The highest BCUT2D eigenvalue weighted by atomic mass is 19.4. The van der Waals surface area contributed by atoms with Gasteiger partial charge in [0.2, 0.25) is 0 Å². The number of ether oxygens (including phenoxy) is 1. The van der Waals surface area contributed by atoms with E-state index >= 15 is 0 Å². The van der Waals surface area contributed by atoms with Crippen LogP contribution in [0.1, 0.15) is 31.4 Å². The molecule has 1 unspecified atom stereocenters. The molecular formula is C23H24F3NO2. The van der Waals surface area contributed by atoms with Gasteiger partial charge in [-0.05, 0) is 34.9 Å². The van der Waals surface area contributed by atoms with Crippen molar-refractivity contribution in [1.29, 1.82) is 0 Å². The Labute approximate surface area is 167 Å². The predicted octanol–water partition coefficient (Wildman–Crippen LogP) is 5.24. The van der Waals surface area contributed by atoms with Gasteiger partial charge < -0.3 is 14.4 Å². The van der Waals surface area contributed by atoms with Gasteiger partial charge in [0.1, 0.15) is 5.75 Å². The fourth-order valence-corrected chi connectivity index (χ4v) is 4.38. The van der Waals surface area contributed by atoms with Gasteiger partial charge in [-0.1, -0.05) is 50.2 Å². The van der Waals surface area contributed by atoms with Crippen molar-refractivity contribution in [2.24, 2.45) is 0 Å². The van der Waals surface area contributed by atoms with Crippen LogP contribution in [0.5, 0.6) is 5.75 Å². The number of aliphatic hydroxyl groups is 1. The normalized spacial score (nSPS) is 16.5. The topological polar surface area (TPSA) is 34.4 Å². The third-order valence-corrected chi connectivity index (χ3v) is 5.82. The minimum atomic E-state index is -4.78. The van der Waals surface area contributed by atoms with Gasteiger partial charge in [0.05, 0.1) is 13.2 Å². The molecule has 3 nitrogen and oxygen atoms in total. The van der Waals surface area contributed by atoms with Crippen LogP contribution in [-0.4, -0.2) is 28.1 Å². The maximum Gasteiger partial charge on any atom is 0.418 e. The Hall–Kier alpha value is -2.47. The summed E-state index contributed by atoms with van der Waals surface area (Å²) in [6, 6.07) is 14.5. The summed E-state index contributed by atoms with van der Waals surface area (Å²) in [5.41, 5.74) is -1.46. The monoisotopic (exact) mass is 403 g/mol. The molecule has 154 valence electrons. The van der Waals surface area contributed by atoms with Crippen LogP contribution >= 0.6 is 0 Å². The van der Waals surface area contributed by atoms with E-state index in [4.69, 9.17) is 4.74 Å². The molecule has 0 aliphatic carbocycles. The number of nitrogens with zero attached hydrogens (tertiary/aromatic N) is 1. The van der Waals surface area contributed by atoms with E-state index in [2.05, 4.69) is 0 Å². The van der Waals surface area contributed by atoms with Gasteiger partial charge in [-0.2, -0.15) is 13.2 Å². The molecule has 0 saturated heterocycles. The van der Waals surface area contributed by atoms with E-state index in [1.807, 2.05) is 24.3 Å². The maximum atomic E-state index is 14.1. The smallest absolute Gasteiger partial charge is 0.418 e. The third-order valence-electron chi connectivity index (χ3n) is 5.82. The fourth-order valence-electron chi connectivity index (χ4n) is 4.38. The maximum absolute atomic E-state index is 14.1. The average molecular weight is 403 g/mol. The largest absolute Gasteiger partial charge is 0.493 e. The van der Waals surface area contributed by atoms with Gasteiger partial charge in [0.25, 0.3) is 0 Å². The Morgan fingerprint density at radius 1 is 1.03 bits per heavy atom. The molecule has 2 heterocycles. The van der Waals surface area contributed by atoms with Crippen LogP contribution in [0.2, 0.25) is 0 Å². The van der Waals surface area contributed by atoms with Gasteiger partial charge in [-0.15, -0.1) is 0 Å². The van der Waals surface area contributed by atoms with Crippen molar-refractivity contribution in [2.45, 2.75) is 50.4 Å². The molecule has 0 bridgehead atoms. The second kappa shape index (κ2) is 6.80. The first kappa shape index (κ1) is 19.8. The van der Waals surface area contributed by atoms with Crippen LogP contribution < -0.4 is 4.74 Å². The Morgan fingerprint density at radius 3 is 2.55 bits per heavy atom. The lowest BCUT2D eigenvalue weighted by atomic mass is 9.74. The molecule has 6 heteroatoms.